The first-order valence-electron chi connectivity index (χ1n) is 12.8. The van der Waals surface area contributed by atoms with Crippen LogP contribution in [-0.4, -0.2) is 15.7 Å². The molecule has 4 rings (SSSR count). The zero-order chi connectivity index (χ0) is 24.1. The van der Waals surface area contributed by atoms with E-state index < -0.39 is 5.91 Å². The lowest BCUT2D eigenvalue weighted by molar-refractivity contribution is 0.1000. The minimum atomic E-state index is -0.520. The van der Waals surface area contributed by atoms with E-state index in [1.807, 2.05) is 12.3 Å². The van der Waals surface area contributed by atoms with Gasteiger partial charge in [0.25, 0.3) is 5.91 Å². The summed E-state index contributed by atoms with van der Waals surface area (Å²) in [6.07, 6.45) is 17.9. The van der Waals surface area contributed by atoms with Crippen molar-refractivity contribution in [2.24, 2.45) is 11.7 Å². The number of hydrogen-bond donors (Lipinski definition) is 2. The Bertz CT molecular complexity index is 1080. The van der Waals surface area contributed by atoms with Crippen molar-refractivity contribution in [2.45, 2.75) is 83.5 Å². The molecule has 34 heavy (non-hydrogen) atoms. The Balaban J connectivity index is 1.45. The molecule has 0 radical (unpaired) electrons. The van der Waals surface area contributed by atoms with E-state index in [2.05, 4.69) is 24.2 Å². The quantitative estimate of drug-likeness (QED) is 0.503. The number of anilines is 1. The van der Waals surface area contributed by atoms with Gasteiger partial charge in [-0.15, -0.1) is 0 Å². The molecule has 2 heterocycles. The van der Waals surface area contributed by atoms with Crippen molar-refractivity contribution in [3.63, 3.8) is 0 Å². The van der Waals surface area contributed by atoms with Crippen molar-refractivity contribution in [3.8, 4) is 0 Å². The molecule has 2 aromatic rings. The van der Waals surface area contributed by atoms with Crippen LogP contribution in [0, 0.1) is 11.7 Å². The van der Waals surface area contributed by atoms with Gasteiger partial charge in [-0.3, -0.25) is 4.79 Å². The highest BCUT2D eigenvalue weighted by atomic mass is 19.1. The van der Waals surface area contributed by atoms with Gasteiger partial charge in [0, 0.05) is 6.20 Å². The van der Waals surface area contributed by atoms with Gasteiger partial charge in [-0.25, -0.2) is 9.07 Å². The molecule has 1 aromatic heterocycles. The van der Waals surface area contributed by atoms with Gasteiger partial charge in [0.15, 0.2) is 5.82 Å². The van der Waals surface area contributed by atoms with E-state index in [-0.39, 0.29) is 11.6 Å². The van der Waals surface area contributed by atoms with Crippen LogP contribution in [0.1, 0.15) is 97.8 Å². The molecule has 1 aromatic carbocycles. The number of hydrogen-bond acceptors (Lipinski definition) is 3. The number of benzene rings is 1. The maximum absolute atomic E-state index is 14.1. The fourth-order valence-electron chi connectivity index (χ4n) is 5.73. The van der Waals surface area contributed by atoms with Crippen LogP contribution >= 0.6 is 0 Å². The molecule has 2 aliphatic rings. The van der Waals surface area contributed by atoms with E-state index in [1.165, 1.54) is 29.5 Å². The van der Waals surface area contributed by atoms with Crippen molar-refractivity contribution >= 4 is 17.9 Å². The summed E-state index contributed by atoms with van der Waals surface area (Å²) in [5.74, 6) is 0.637. The number of halogens is 1. The second-order valence-corrected chi connectivity index (χ2v) is 9.87. The van der Waals surface area contributed by atoms with Crippen LogP contribution in [0.2, 0.25) is 0 Å². The van der Waals surface area contributed by atoms with Gasteiger partial charge < -0.3 is 11.5 Å². The highest BCUT2D eigenvalue weighted by molar-refractivity contribution is 5.98. The maximum Gasteiger partial charge on any atom is 0.254 e. The standard InChI is InChI=1S/C28H37FN4O/c1-2-6-21-13-14-23(29)18-24(21)22-9-5-8-19(11-12-22)17-20-7-3-4-10-25-26(28(31)34)27(30)32-33(25)16-15-20/h7,13-16,18-19,22H,2-6,8-12,17H2,1H3,(H2,30,32)(H2,31,34)/t19?,22-/m0/s1. The molecule has 1 fully saturated rings. The molecule has 1 unspecified atom stereocenters. The van der Waals surface area contributed by atoms with Crippen molar-refractivity contribution in [1.29, 1.82) is 0 Å². The third-order valence-electron chi connectivity index (χ3n) is 7.42. The highest BCUT2D eigenvalue weighted by Gasteiger charge is 2.23. The van der Waals surface area contributed by atoms with E-state index in [0.717, 1.165) is 63.5 Å². The minimum absolute atomic E-state index is 0.116. The average Bonchev–Trinajstić information content (AvgIpc) is 2.99. The fourth-order valence-corrected chi connectivity index (χ4v) is 5.73. The molecule has 1 aliphatic carbocycles. The maximum atomic E-state index is 14.1. The van der Waals surface area contributed by atoms with Crippen LogP contribution < -0.4 is 11.5 Å². The molecule has 1 aliphatic heterocycles. The van der Waals surface area contributed by atoms with Gasteiger partial charge in [-0.05, 0) is 92.5 Å². The number of amides is 1. The lowest BCUT2D eigenvalue weighted by atomic mass is 9.86. The number of allylic oxidation sites excluding steroid dienone is 3. The zero-order valence-corrected chi connectivity index (χ0v) is 20.2. The Morgan fingerprint density at radius 2 is 2.06 bits per heavy atom. The Morgan fingerprint density at radius 3 is 2.85 bits per heavy atom. The highest BCUT2D eigenvalue weighted by Crippen LogP contribution is 2.38. The molecular formula is C28H37FN4O. The molecule has 1 amide bonds. The smallest absolute Gasteiger partial charge is 0.254 e. The number of primary amides is 1. The number of carbonyl (C=O) groups excluding carboxylic acids is 1. The Hall–Kier alpha value is -2.89. The first kappa shape index (κ1) is 24.2. The molecule has 1 saturated carbocycles. The number of fused-ring (bicyclic) bond motifs is 1. The third kappa shape index (κ3) is 5.60. The second-order valence-electron chi connectivity index (χ2n) is 9.87. The first-order chi connectivity index (χ1) is 16.5. The van der Waals surface area contributed by atoms with Gasteiger partial charge in [0.2, 0.25) is 0 Å². The van der Waals surface area contributed by atoms with Crippen molar-refractivity contribution in [2.75, 3.05) is 5.73 Å². The second kappa shape index (κ2) is 11.0. The first-order valence-corrected chi connectivity index (χ1v) is 12.8. The summed E-state index contributed by atoms with van der Waals surface area (Å²) in [4.78, 5) is 11.8. The molecule has 0 spiro atoms. The number of nitrogen functional groups attached to an aromatic ring is 1. The van der Waals surface area contributed by atoms with Crippen LogP contribution in [0.4, 0.5) is 10.2 Å². The number of nitrogens with zero attached hydrogens (tertiary/aromatic N) is 2. The van der Waals surface area contributed by atoms with E-state index in [9.17, 15) is 9.18 Å². The van der Waals surface area contributed by atoms with E-state index in [0.29, 0.717) is 17.4 Å². The summed E-state index contributed by atoms with van der Waals surface area (Å²) < 4.78 is 15.8. The fraction of sp³-hybridized carbons (Fsp3) is 0.500. The SMILES string of the molecule is CCCc1ccc(F)cc1[C@H]1CCCC(CC2=CCCCc3c(C(N)=O)c(N)nn3C=C2)CC1. The Kier molecular flexibility index (Phi) is 7.86. The summed E-state index contributed by atoms with van der Waals surface area (Å²) in [6.45, 7) is 2.18. The summed E-state index contributed by atoms with van der Waals surface area (Å²) in [7, 11) is 0. The summed E-state index contributed by atoms with van der Waals surface area (Å²) >= 11 is 0. The molecule has 182 valence electrons. The normalized spacial score (nSPS) is 21.1. The minimum Gasteiger partial charge on any atom is -0.382 e. The van der Waals surface area contributed by atoms with Crippen LogP contribution in [-0.2, 0) is 12.8 Å². The van der Waals surface area contributed by atoms with Crippen molar-refractivity contribution < 1.29 is 9.18 Å². The van der Waals surface area contributed by atoms with Gasteiger partial charge in [0.05, 0.1) is 5.69 Å². The van der Waals surface area contributed by atoms with Crippen molar-refractivity contribution in [1.82, 2.24) is 9.78 Å². The molecule has 4 N–H and O–H groups in total. The number of aryl methyl sites for hydroxylation is 1. The summed E-state index contributed by atoms with van der Waals surface area (Å²) in [6, 6.07) is 5.38. The number of aromatic nitrogens is 2. The average molecular weight is 465 g/mol. The molecule has 5 nitrogen and oxygen atoms in total. The molecule has 0 bridgehead atoms. The van der Waals surface area contributed by atoms with E-state index >= 15 is 0 Å². The zero-order valence-electron chi connectivity index (χ0n) is 20.2. The molecule has 0 saturated heterocycles. The van der Waals surface area contributed by atoms with E-state index in [4.69, 9.17) is 11.5 Å². The van der Waals surface area contributed by atoms with Gasteiger partial charge >= 0.3 is 0 Å². The number of nitrogens with two attached hydrogens (primary N) is 2. The molecule has 2 atom stereocenters. The van der Waals surface area contributed by atoms with Gasteiger partial charge in [0.1, 0.15) is 11.4 Å². The predicted molar refractivity (Wildman–Crippen MR) is 136 cm³/mol. The van der Waals surface area contributed by atoms with Crippen molar-refractivity contribution in [3.05, 3.63) is 64.1 Å². The molecular weight excluding hydrogens is 427 g/mol. The third-order valence-corrected chi connectivity index (χ3v) is 7.42. The lowest BCUT2D eigenvalue weighted by Crippen LogP contribution is -2.15. The Morgan fingerprint density at radius 1 is 1.21 bits per heavy atom. The number of carbonyl (C=O) groups is 1. The van der Waals surface area contributed by atoms with Crippen LogP contribution in [0.5, 0.6) is 0 Å². The van der Waals surface area contributed by atoms with Crippen LogP contribution in [0.3, 0.4) is 0 Å². The van der Waals surface area contributed by atoms with Crippen LogP contribution in [0.25, 0.3) is 6.20 Å². The lowest BCUT2D eigenvalue weighted by Gasteiger charge is -2.19. The largest absolute Gasteiger partial charge is 0.382 e. The number of rotatable bonds is 6. The summed E-state index contributed by atoms with van der Waals surface area (Å²) in [5, 5.41) is 4.33. The Labute approximate surface area is 202 Å². The van der Waals surface area contributed by atoms with Gasteiger partial charge in [-0.1, -0.05) is 43.9 Å². The van der Waals surface area contributed by atoms with Crippen LogP contribution in [0.15, 0.2) is 35.9 Å². The van der Waals surface area contributed by atoms with Gasteiger partial charge in [-0.2, -0.15) is 5.10 Å². The predicted octanol–water partition coefficient (Wildman–Crippen LogP) is 6.14. The summed E-state index contributed by atoms with van der Waals surface area (Å²) in [5.41, 5.74) is 16.5. The monoisotopic (exact) mass is 464 g/mol. The molecule has 6 heteroatoms. The topological polar surface area (TPSA) is 86.9 Å². The van der Waals surface area contributed by atoms with E-state index in [1.54, 1.807) is 16.8 Å².